The number of anilines is 1. The zero-order chi connectivity index (χ0) is 13.0. The smallest absolute Gasteiger partial charge is 0.142 e. The summed E-state index contributed by atoms with van der Waals surface area (Å²) in [5, 5.41) is 6.01. The zero-order valence-electron chi connectivity index (χ0n) is 10.2. The van der Waals surface area contributed by atoms with Crippen molar-refractivity contribution in [3.05, 3.63) is 39.5 Å². The van der Waals surface area contributed by atoms with Crippen LogP contribution in [0.4, 0.5) is 5.69 Å². The Morgan fingerprint density at radius 3 is 2.67 bits per heavy atom. The van der Waals surface area contributed by atoms with Gasteiger partial charge in [0, 0.05) is 22.9 Å². The molecule has 3 nitrogen and oxygen atoms in total. The summed E-state index contributed by atoms with van der Waals surface area (Å²) in [7, 11) is 3.29. The summed E-state index contributed by atoms with van der Waals surface area (Å²) in [6.07, 6.45) is 0. The Morgan fingerprint density at radius 1 is 1.22 bits per heavy atom. The molecule has 0 aliphatic heterocycles. The first-order valence-electron chi connectivity index (χ1n) is 5.41. The second kappa shape index (κ2) is 5.98. The van der Waals surface area contributed by atoms with Gasteiger partial charge in [0.25, 0.3) is 0 Å². The molecule has 0 radical (unpaired) electrons. The van der Waals surface area contributed by atoms with Crippen molar-refractivity contribution in [3.8, 4) is 11.5 Å². The van der Waals surface area contributed by atoms with Gasteiger partial charge in [0.2, 0.25) is 0 Å². The highest BCUT2D eigenvalue weighted by Gasteiger charge is 2.05. The van der Waals surface area contributed by atoms with Crippen molar-refractivity contribution < 1.29 is 9.47 Å². The van der Waals surface area contributed by atoms with E-state index in [2.05, 4.69) is 5.32 Å². The van der Waals surface area contributed by atoms with Crippen LogP contribution in [0.15, 0.2) is 29.6 Å². The van der Waals surface area contributed by atoms with E-state index < -0.39 is 0 Å². The molecule has 0 aliphatic carbocycles. The maximum absolute atomic E-state index is 5.89. The molecule has 0 atom stereocenters. The number of nitrogens with one attached hydrogen (secondary N) is 1. The van der Waals surface area contributed by atoms with Gasteiger partial charge in [0.15, 0.2) is 0 Å². The predicted octanol–water partition coefficient (Wildman–Crippen LogP) is 4.03. The fourth-order valence-electron chi connectivity index (χ4n) is 1.58. The minimum atomic E-state index is 0.709. The zero-order valence-corrected chi connectivity index (χ0v) is 11.8. The Kier molecular flexibility index (Phi) is 4.33. The van der Waals surface area contributed by atoms with E-state index in [0.29, 0.717) is 6.54 Å². The lowest BCUT2D eigenvalue weighted by Crippen LogP contribution is -2.00. The summed E-state index contributed by atoms with van der Waals surface area (Å²) in [5.41, 5.74) is 0.904. The maximum atomic E-state index is 5.89. The van der Waals surface area contributed by atoms with Crippen molar-refractivity contribution in [2.75, 3.05) is 19.5 Å². The maximum Gasteiger partial charge on any atom is 0.142 e. The number of rotatable bonds is 5. The average Bonchev–Trinajstić information content (AvgIpc) is 2.81. The van der Waals surface area contributed by atoms with E-state index in [-0.39, 0.29) is 0 Å². The van der Waals surface area contributed by atoms with Crippen molar-refractivity contribution >= 4 is 28.6 Å². The minimum absolute atomic E-state index is 0.709. The average molecular weight is 284 g/mol. The summed E-state index contributed by atoms with van der Waals surface area (Å²) in [6, 6.07) is 7.61. The van der Waals surface area contributed by atoms with Crippen LogP contribution in [0.1, 0.15) is 4.88 Å². The Balaban J connectivity index is 2.11. The van der Waals surface area contributed by atoms with Crippen molar-refractivity contribution in [3.63, 3.8) is 0 Å². The van der Waals surface area contributed by atoms with Crippen LogP contribution >= 0.6 is 22.9 Å². The number of hydrogen-bond acceptors (Lipinski definition) is 4. The first-order chi connectivity index (χ1) is 8.72. The predicted molar refractivity (Wildman–Crippen MR) is 76.2 cm³/mol. The highest BCUT2D eigenvalue weighted by molar-refractivity contribution is 7.10. The molecule has 0 fully saturated rings. The molecule has 0 amide bonds. The lowest BCUT2D eigenvalue weighted by atomic mass is 10.2. The van der Waals surface area contributed by atoms with E-state index in [1.54, 1.807) is 25.6 Å². The Hall–Kier alpha value is -1.39. The van der Waals surface area contributed by atoms with Gasteiger partial charge in [-0.25, -0.2) is 0 Å². The van der Waals surface area contributed by atoms with Gasteiger partial charge >= 0.3 is 0 Å². The molecule has 1 N–H and O–H groups in total. The van der Waals surface area contributed by atoms with Gasteiger partial charge in [-0.3, -0.25) is 0 Å². The quantitative estimate of drug-likeness (QED) is 0.899. The van der Waals surface area contributed by atoms with Crippen molar-refractivity contribution in [2.24, 2.45) is 0 Å². The standard InChI is InChI=1S/C13H14ClNO2S/c1-16-10-3-4-13(17-2)12(6-10)15-7-11-5-9(14)8-18-11/h3-6,8,15H,7H2,1-2H3. The molecule has 0 unspecified atom stereocenters. The highest BCUT2D eigenvalue weighted by Crippen LogP contribution is 2.30. The van der Waals surface area contributed by atoms with Crippen LogP contribution in [-0.4, -0.2) is 14.2 Å². The van der Waals surface area contributed by atoms with Crippen molar-refractivity contribution in [2.45, 2.75) is 6.54 Å². The molecule has 18 heavy (non-hydrogen) atoms. The van der Waals surface area contributed by atoms with E-state index in [1.807, 2.05) is 29.6 Å². The van der Waals surface area contributed by atoms with E-state index >= 15 is 0 Å². The minimum Gasteiger partial charge on any atom is -0.497 e. The largest absolute Gasteiger partial charge is 0.497 e. The van der Waals surface area contributed by atoms with Gasteiger partial charge in [-0.1, -0.05) is 11.6 Å². The van der Waals surface area contributed by atoms with Crippen LogP contribution in [0.3, 0.4) is 0 Å². The van der Waals surface area contributed by atoms with E-state index in [4.69, 9.17) is 21.1 Å². The third kappa shape index (κ3) is 3.09. The Bertz CT molecular complexity index is 527. The molecule has 0 bridgehead atoms. The second-order valence-electron chi connectivity index (χ2n) is 3.65. The van der Waals surface area contributed by atoms with Crippen molar-refractivity contribution in [1.29, 1.82) is 0 Å². The van der Waals surface area contributed by atoms with E-state index in [9.17, 15) is 0 Å². The number of methoxy groups -OCH3 is 2. The van der Waals surface area contributed by atoms with E-state index in [0.717, 1.165) is 22.2 Å². The van der Waals surface area contributed by atoms with Gasteiger partial charge in [-0.2, -0.15) is 0 Å². The first-order valence-corrected chi connectivity index (χ1v) is 6.67. The molecule has 96 valence electrons. The molecule has 1 aromatic heterocycles. The highest BCUT2D eigenvalue weighted by atomic mass is 35.5. The second-order valence-corrected chi connectivity index (χ2v) is 5.08. The summed E-state index contributed by atoms with van der Waals surface area (Å²) in [6.45, 7) is 0.709. The monoisotopic (exact) mass is 283 g/mol. The molecule has 0 saturated carbocycles. The number of benzene rings is 1. The van der Waals surface area contributed by atoms with Crippen molar-refractivity contribution in [1.82, 2.24) is 0 Å². The molecular weight excluding hydrogens is 270 g/mol. The van der Waals surface area contributed by atoms with Crippen LogP contribution in [0.5, 0.6) is 11.5 Å². The summed E-state index contributed by atoms with van der Waals surface area (Å²) in [5.74, 6) is 1.58. The van der Waals surface area contributed by atoms with Gasteiger partial charge < -0.3 is 14.8 Å². The van der Waals surface area contributed by atoms with Crippen LogP contribution < -0.4 is 14.8 Å². The molecular formula is C13H14ClNO2S. The van der Waals surface area contributed by atoms with Gasteiger partial charge in [-0.05, 0) is 18.2 Å². The number of thiophene rings is 1. The third-order valence-electron chi connectivity index (χ3n) is 2.48. The Morgan fingerprint density at radius 2 is 2.06 bits per heavy atom. The molecule has 1 heterocycles. The molecule has 2 rings (SSSR count). The van der Waals surface area contributed by atoms with Gasteiger partial charge in [-0.15, -0.1) is 11.3 Å². The van der Waals surface area contributed by atoms with Crippen LogP contribution in [0, 0.1) is 0 Å². The molecule has 0 spiro atoms. The molecule has 5 heteroatoms. The fourth-order valence-corrected chi connectivity index (χ4v) is 2.59. The lowest BCUT2D eigenvalue weighted by molar-refractivity contribution is 0.404. The summed E-state index contributed by atoms with van der Waals surface area (Å²) >= 11 is 7.51. The Labute approximate surface area is 115 Å². The lowest BCUT2D eigenvalue weighted by Gasteiger charge is -2.11. The molecule has 2 aromatic rings. The first kappa shape index (κ1) is 13.1. The summed E-state index contributed by atoms with van der Waals surface area (Å²) < 4.78 is 10.5. The fraction of sp³-hybridized carbons (Fsp3) is 0.231. The van der Waals surface area contributed by atoms with E-state index in [1.165, 1.54) is 4.88 Å². The number of halogens is 1. The number of ether oxygens (including phenoxy) is 2. The summed E-state index contributed by atoms with van der Waals surface area (Å²) in [4.78, 5) is 1.17. The number of hydrogen-bond donors (Lipinski definition) is 1. The molecule has 0 aliphatic rings. The SMILES string of the molecule is COc1ccc(OC)c(NCc2cc(Cl)cs2)c1. The molecule has 0 saturated heterocycles. The van der Waals surface area contributed by atoms with Gasteiger partial charge in [0.1, 0.15) is 11.5 Å². The normalized spacial score (nSPS) is 10.2. The van der Waals surface area contributed by atoms with Gasteiger partial charge in [0.05, 0.1) is 24.9 Å². The topological polar surface area (TPSA) is 30.5 Å². The molecule has 1 aromatic carbocycles. The van der Waals surface area contributed by atoms with Crippen LogP contribution in [0.25, 0.3) is 0 Å². The third-order valence-corrected chi connectivity index (χ3v) is 3.77. The van der Waals surface area contributed by atoms with Crippen LogP contribution in [-0.2, 0) is 6.54 Å². The van der Waals surface area contributed by atoms with Crippen LogP contribution in [0.2, 0.25) is 5.02 Å².